The van der Waals surface area contributed by atoms with E-state index in [2.05, 4.69) is 20.3 Å². The maximum Gasteiger partial charge on any atom is 0.254 e. The molecule has 0 aliphatic carbocycles. The van der Waals surface area contributed by atoms with Crippen LogP contribution >= 0.6 is 0 Å². The lowest BCUT2D eigenvalue weighted by atomic mass is 10.0. The summed E-state index contributed by atoms with van der Waals surface area (Å²) in [7, 11) is 0. The summed E-state index contributed by atoms with van der Waals surface area (Å²) in [6.45, 7) is 1.95. The fourth-order valence-corrected chi connectivity index (χ4v) is 2.45. The molecule has 1 atom stereocenters. The Morgan fingerprint density at radius 2 is 1.84 bits per heavy atom. The van der Waals surface area contributed by atoms with Crippen molar-refractivity contribution in [2.45, 2.75) is 19.4 Å². The van der Waals surface area contributed by atoms with E-state index >= 15 is 0 Å². The first-order chi connectivity index (χ1) is 12.2. The Hall–Kier alpha value is -3.15. The Kier molecular flexibility index (Phi) is 5.09. The molecule has 1 aromatic carbocycles. The number of benzene rings is 1. The lowest BCUT2D eigenvalue weighted by Crippen LogP contribution is -2.28. The molecule has 3 aromatic rings. The van der Waals surface area contributed by atoms with E-state index in [4.69, 9.17) is 0 Å². The number of pyridine rings is 1. The zero-order valence-electron chi connectivity index (χ0n) is 13.7. The number of hydrogen-bond acceptors (Lipinski definition) is 4. The van der Waals surface area contributed by atoms with E-state index in [0.717, 1.165) is 11.1 Å². The molecule has 2 aromatic heterocycles. The first-order valence-corrected chi connectivity index (χ1v) is 7.96. The molecule has 0 aliphatic heterocycles. The van der Waals surface area contributed by atoms with Gasteiger partial charge in [0.1, 0.15) is 5.82 Å². The number of rotatable bonds is 5. The topological polar surface area (TPSA) is 67.8 Å². The quantitative estimate of drug-likeness (QED) is 0.773. The van der Waals surface area contributed by atoms with Crippen LogP contribution in [0.15, 0.2) is 61.2 Å². The average molecular weight is 336 g/mol. The van der Waals surface area contributed by atoms with Crippen LogP contribution in [0.1, 0.15) is 35.3 Å². The highest BCUT2D eigenvalue weighted by molar-refractivity contribution is 5.94. The molecule has 25 heavy (non-hydrogen) atoms. The molecule has 0 bridgehead atoms. The highest BCUT2D eigenvalue weighted by atomic mass is 19.1. The van der Waals surface area contributed by atoms with Gasteiger partial charge in [-0.15, -0.1) is 0 Å². The van der Waals surface area contributed by atoms with Crippen molar-refractivity contribution >= 4 is 5.91 Å². The van der Waals surface area contributed by atoms with Gasteiger partial charge in [-0.1, -0.05) is 19.1 Å². The van der Waals surface area contributed by atoms with Crippen LogP contribution in [0.3, 0.4) is 0 Å². The van der Waals surface area contributed by atoms with E-state index in [1.807, 2.05) is 13.0 Å². The Morgan fingerprint density at radius 3 is 2.44 bits per heavy atom. The molecule has 2 heterocycles. The van der Waals surface area contributed by atoms with Crippen LogP contribution in [-0.2, 0) is 0 Å². The zero-order valence-corrected chi connectivity index (χ0v) is 13.7. The monoisotopic (exact) mass is 336 g/mol. The summed E-state index contributed by atoms with van der Waals surface area (Å²) < 4.78 is 13.1. The SMILES string of the molecule is CC[C@H](NC(=O)c1cnc(-c2cccnc2)nc1)c1ccc(F)cc1. The predicted octanol–water partition coefficient (Wildman–Crippen LogP) is 3.56. The zero-order chi connectivity index (χ0) is 17.6. The third-order valence-corrected chi connectivity index (χ3v) is 3.82. The minimum absolute atomic E-state index is 0.203. The number of nitrogens with one attached hydrogen (secondary N) is 1. The van der Waals surface area contributed by atoms with E-state index in [1.54, 1.807) is 30.6 Å². The number of carbonyl (C=O) groups excluding carboxylic acids is 1. The van der Waals surface area contributed by atoms with Crippen LogP contribution in [0.4, 0.5) is 4.39 Å². The second kappa shape index (κ2) is 7.61. The van der Waals surface area contributed by atoms with Gasteiger partial charge in [0.2, 0.25) is 0 Å². The first kappa shape index (κ1) is 16.7. The predicted molar refractivity (Wildman–Crippen MR) is 92.2 cm³/mol. The average Bonchev–Trinajstić information content (AvgIpc) is 2.67. The number of carbonyl (C=O) groups is 1. The van der Waals surface area contributed by atoms with Gasteiger partial charge < -0.3 is 5.32 Å². The molecule has 0 saturated carbocycles. The number of aromatic nitrogens is 3. The Balaban J connectivity index is 1.73. The summed E-state index contributed by atoms with van der Waals surface area (Å²) in [6, 6.07) is 9.56. The van der Waals surface area contributed by atoms with Crippen LogP contribution < -0.4 is 5.32 Å². The Morgan fingerprint density at radius 1 is 1.12 bits per heavy atom. The van der Waals surface area contributed by atoms with Crippen molar-refractivity contribution in [3.8, 4) is 11.4 Å². The summed E-state index contributed by atoms with van der Waals surface area (Å²) in [4.78, 5) is 24.9. The van der Waals surface area contributed by atoms with Crippen molar-refractivity contribution in [1.29, 1.82) is 0 Å². The molecule has 0 radical (unpaired) electrons. The van der Waals surface area contributed by atoms with Gasteiger partial charge in [0.25, 0.3) is 5.91 Å². The molecule has 0 saturated heterocycles. The summed E-state index contributed by atoms with van der Waals surface area (Å²) in [5.41, 5.74) is 2.01. The van der Waals surface area contributed by atoms with E-state index in [1.165, 1.54) is 24.5 Å². The lowest BCUT2D eigenvalue weighted by Gasteiger charge is -2.17. The van der Waals surface area contributed by atoms with Crippen LogP contribution in [-0.4, -0.2) is 20.9 Å². The van der Waals surface area contributed by atoms with Crippen LogP contribution in [0.2, 0.25) is 0 Å². The lowest BCUT2D eigenvalue weighted by molar-refractivity contribution is 0.0935. The molecule has 1 amide bonds. The summed E-state index contributed by atoms with van der Waals surface area (Å²) >= 11 is 0. The van der Waals surface area contributed by atoms with Crippen molar-refractivity contribution in [3.63, 3.8) is 0 Å². The van der Waals surface area contributed by atoms with Crippen LogP contribution in [0, 0.1) is 5.82 Å². The van der Waals surface area contributed by atoms with Crippen molar-refractivity contribution in [2.24, 2.45) is 0 Å². The van der Waals surface area contributed by atoms with Gasteiger partial charge in [0.05, 0.1) is 11.6 Å². The van der Waals surface area contributed by atoms with Gasteiger partial charge in [-0.05, 0) is 36.2 Å². The smallest absolute Gasteiger partial charge is 0.254 e. The fourth-order valence-electron chi connectivity index (χ4n) is 2.45. The van der Waals surface area contributed by atoms with Gasteiger partial charge in [0, 0.05) is 30.4 Å². The number of nitrogens with zero attached hydrogens (tertiary/aromatic N) is 3. The highest BCUT2D eigenvalue weighted by Crippen LogP contribution is 2.18. The van der Waals surface area contributed by atoms with Gasteiger partial charge in [0.15, 0.2) is 5.82 Å². The maximum atomic E-state index is 13.1. The van der Waals surface area contributed by atoms with Crippen molar-refractivity contribution in [1.82, 2.24) is 20.3 Å². The molecule has 6 heteroatoms. The van der Waals surface area contributed by atoms with E-state index in [0.29, 0.717) is 17.8 Å². The molecule has 1 N–H and O–H groups in total. The van der Waals surface area contributed by atoms with Crippen molar-refractivity contribution < 1.29 is 9.18 Å². The maximum absolute atomic E-state index is 13.1. The third kappa shape index (κ3) is 4.03. The standard InChI is InChI=1S/C19H17FN4O/c1-2-17(13-5-7-16(20)8-6-13)24-19(25)15-11-22-18(23-12-15)14-4-3-9-21-10-14/h3-12,17H,2H2,1H3,(H,24,25)/t17-/m0/s1. The second-order valence-electron chi connectivity index (χ2n) is 5.52. The van der Waals surface area contributed by atoms with E-state index in [-0.39, 0.29) is 17.8 Å². The first-order valence-electron chi connectivity index (χ1n) is 7.96. The third-order valence-electron chi connectivity index (χ3n) is 3.82. The minimum atomic E-state index is -0.302. The Labute approximate surface area is 145 Å². The van der Waals surface area contributed by atoms with E-state index in [9.17, 15) is 9.18 Å². The van der Waals surface area contributed by atoms with Crippen LogP contribution in [0.5, 0.6) is 0 Å². The van der Waals surface area contributed by atoms with Gasteiger partial charge in [-0.25, -0.2) is 14.4 Å². The number of hydrogen-bond donors (Lipinski definition) is 1. The molecule has 3 rings (SSSR count). The van der Waals surface area contributed by atoms with Gasteiger partial charge >= 0.3 is 0 Å². The number of halogens is 1. The minimum Gasteiger partial charge on any atom is -0.345 e. The van der Waals surface area contributed by atoms with Gasteiger partial charge in [-0.3, -0.25) is 9.78 Å². The molecule has 126 valence electrons. The second-order valence-corrected chi connectivity index (χ2v) is 5.52. The highest BCUT2D eigenvalue weighted by Gasteiger charge is 2.15. The van der Waals surface area contributed by atoms with Crippen molar-refractivity contribution in [2.75, 3.05) is 0 Å². The summed E-state index contributed by atoms with van der Waals surface area (Å²) in [5.74, 6) is -0.0616. The Bertz CT molecular complexity index is 836. The largest absolute Gasteiger partial charge is 0.345 e. The molecule has 0 unspecified atom stereocenters. The molecular formula is C19H17FN4O. The fraction of sp³-hybridized carbons (Fsp3) is 0.158. The number of amides is 1. The summed E-state index contributed by atoms with van der Waals surface area (Å²) in [6.07, 6.45) is 7.00. The molecule has 5 nitrogen and oxygen atoms in total. The molecule has 0 fully saturated rings. The summed E-state index contributed by atoms with van der Waals surface area (Å²) in [5, 5.41) is 2.92. The van der Waals surface area contributed by atoms with Crippen LogP contribution in [0.25, 0.3) is 11.4 Å². The van der Waals surface area contributed by atoms with Crippen molar-refractivity contribution in [3.05, 3.63) is 78.1 Å². The molecule has 0 spiro atoms. The van der Waals surface area contributed by atoms with Gasteiger partial charge in [-0.2, -0.15) is 0 Å². The molecule has 0 aliphatic rings. The molecular weight excluding hydrogens is 319 g/mol. The normalized spacial score (nSPS) is 11.8. The van der Waals surface area contributed by atoms with E-state index < -0.39 is 0 Å².